The number of carbonyl (C=O) groups excluding carboxylic acids is 2. The van der Waals surface area contributed by atoms with E-state index >= 15 is 0 Å². The van der Waals surface area contributed by atoms with Crippen molar-refractivity contribution in [3.63, 3.8) is 0 Å². The zero-order valence-corrected chi connectivity index (χ0v) is 20.5. The molecule has 4 atom stereocenters. The number of ether oxygens (including phenoxy) is 2. The molecule has 0 aliphatic carbocycles. The van der Waals surface area contributed by atoms with Crippen LogP contribution in [0.15, 0.2) is 47.5 Å². The van der Waals surface area contributed by atoms with Gasteiger partial charge < -0.3 is 24.8 Å². The molecular formula is C26H39NO7. The number of likely N-dealkylation sites (tertiary alicyclic amines) is 1. The molecule has 0 spiro atoms. The van der Waals surface area contributed by atoms with Gasteiger partial charge in [-0.2, -0.15) is 0 Å². The Morgan fingerprint density at radius 3 is 2.62 bits per heavy atom. The van der Waals surface area contributed by atoms with Gasteiger partial charge in [0.05, 0.1) is 11.9 Å². The lowest BCUT2D eigenvalue weighted by atomic mass is 9.94. The fraction of sp³-hybridized carbons (Fsp3) is 0.615. The highest BCUT2D eigenvalue weighted by molar-refractivity contribution is 5.95. The van der Waals surface area contributed by atoms with E-state index in [0.717, 1.165) is 19.6 Å². The van der Waals surface area contributed by atoms with Crippen molar-refractivity contribution in [3.05, 3.63) is 47.5 Å². The summed E-state index contributed by atoms with van der Waals surface area (Å²) in [6, 6.07) is 0. The van der Waals surface area contributed by atoms with Gasteiger partial charge in [0.15, 0.2) is 5.78 Å². The highest BCUT2D eigenvalue weighted by Crippen LogP contribution is 2.23. The molecule has 0 saturated carbocycles. The van der Waals surface area contributed by atoms with Gasteiger partial charge in [0.1, 0.15) is 30.1 Å². The van der Waals surface area contributed by atoms with Crippen LogP contribution in [-0.4, -0.2) is 76.5 Å². The number of rotatable bonds is 5. The van der Waals surface area contributed by atoms with E-state index in [0.29, 0.717) is 18.8 Å². The van der Waals surface area contributed by atoms with Crippen LogP contribution in [0.1, 0.15) is 52.9 Å². The highest BCUT2D eigenvalue weighted by Gasteiger charge is 2.27. The van der Waals surface area contributed by atoms with Crippen molar-refractivity contribution in [1.29, 1.82) is 0 Å². The zero-order chi connectivity index (χ0) is 25.3. The molecule has 2 aliphatic rings. The van der Waals surface area contributed by atoms with Gasteiger partial charge in [0, 0.05) is 19.0 Å². The van der Waals surface area contributed by atoms with Crippen LogP contribution in [0.4, 0.5) is 0 Å². The molecule has 8 nitrogen and oxygen atoms in total. The molecule has 190 valence electrons. The Kier molecular flexibility index (Phi) is 11.0. The normalized spacial score (nSPS) is 31.1. The fourth-order valence-corrected chi connectivity index (χ4v) is 3.92. The van der Waals surface area contributed by atoms with Crippen molar-refractivity contribution in [3.8, 4) is 0 Å². The fourth-order valence-electron chi connectivity index (χ4n) is 3.92. The number of aliphatic hydroxyl groups is 3. The maximum atomic E-state index is 13.0. The molecule has 0 radical (unpaired) electrons. The summed E-state index contributed by atoms with van der Waals surface area (Å²) in [4.78, 5) is 27.4. The predicted molar refractivity (Wildman–Crippen MR) is 129 cm³/mol. The Labute approximate surface area is 202 Å². The maximum absolute atomic E-state index is 13.0. The molecule has 0 aromatic rings. The second-order valence-corrected chi connectivity index (χ2v) is 9.18. The first-order valence-electron chi connectivity index (χ1n) is 12.0. The summed E-state index contributed by atoms with van der Waals surface area (Å²) in [5.74, 6) is -1.26. The first kappa shape index (κ1) is 27.8. The van der Waals surface area contributed by atoms with E-state index in [4.69, 9.17) is 9.47 Å². The number of esters is 1. The second kappa shape index (κ2) is 13.5. The number of aliphatic hydroxyl groups excluding tert-OH is 3. The summed E-state index contributed by atoms with van der Waals surface area (Å²) >= 11 is 0. The standard InChI is InChI=1S/C26H39NO7/c1-17-10-11-22(29)25(31)21(28)9-7-8-18(2)24(26(32)34-20(17)4)23(30)16-19(3)33-15-14-27-12-5-6-13-27/h7-8,16-17,20-21,25,28,30-31H,2,5-6,9-15H2,1,3-4H3/b8-7+,19-16+,24-23-/t17?,20-,21-,25-/m0/s1. The van der Waals surface area contributed by atoms with E-state index in [1.165, 1.54) is 31.1 Å². The highest BCUT2D eigenvalue weighted by atomic mass is 16.5. The molecular weight excluding hydrogens is 438 g/mol. The van der Waals surface area contributed by atoms with E-state index in [9.17, 15) is 24.9 Å². The van der Waals surface area contributed by atoms with Gasteiger partial charge >= 0.3 is 5.97 Å². The average Bonchev–Trinajstić information content (AvgIpc) is 3.29. The van der Waals surface area contributed by atoms with Crippen LogP contribution in [-0.2, 0) is 19.1 Å². The number of hydrogen-bond acceptors (Lipinski definition) is 8. The molecule has 34 heavy (non-hydrogen) atoms. The molecule has 2 aliphatic heterocycles. The number of cyclic esters (lactones) is 1. The van der Waals surface area contributed by atoms with Crippen LogP contribution >= 0.6 is 0 Å². The molecule has 0 bridgehead atoms. The number of Topliss-reactive ketones (excluding diaryl/α,β-unsaturated/α-hetero) is 1. The van der Waals surface area contributed by atoms with E-state index in [-0.39, 0.29) is 35.7 Å². The Balaban J connectivity index is 2.22. The van der Waals surface area contributed by atoms with Crippen LogP contribution in [0.3, 0.4) is 0 Å². The quantitative estimate of drug-likeness (QED) is 0.314. The van der Waals surface area contributed by atoms with E-state index in [2.05, 4.69) is 11.5 Å². The largest absolute Gasteiger partial charge is 0.507 e. The van der Waals surface area contributed by atoms with Gasteiger partial charge in [-0.3, -0.25) is 9.69 Å². The minimum Gasteiger partial charge on any atom is -0.507 e. The second-order valence-electron chi connectivity index (χ2n) is 9.18. The maximum Gasteiger partial charge on any atom is 0.342 e. The Bertz CT molecular complexity index is 823. The van der Waals surface area contributed by atoms with Crippen LogP contribution in [0.2, 0.25) is 0 Å². The lowest BCUT2D eigenvalue weighted by molar-refractivity contribution is -0.145. The van der Waals surface area contributed by atoms with Crippen molar-refractivity contribution in [2.45, 2.75) is 71.2 Å². The number of hydrogen-bond donors (Lipinski definition) is 3. The van der Waals surface area contributed by atoms with Gasteiger partial charge in [-0.05, 0) is 64.1 Å². The third kappa shape index (κ3) is 8.42. The summed E-state index contributed by atoms with van der Waals surface area (Å²) in [7, 11) is 0. The number of allylic oxidation sites excluding steroid dienone is 3. The molecule has 2 rings (SSSR count). The van der Waals surface area contributed by atoms with Crippen molar-refractivity contribution in [2.75, 3.05) is 26.2 Å². The predicted octanol–water partition coefficient (Wildman–Crippen LogP) is 2.97. The van der Waals surface area contributed by atoms with Crippen molar-refractivity contribution in [1.82, 2.24) is 4.90 Å². The van der Waals surface area contributed by atoms with E-state index in [1.54, 1.807) is 13.8 Å². The Morgan fingerprint density at radius 2 is 1.94 bits per heavy atom. The molecule has 0 amide bonds. The lowest BCUT2D eigenvalue weighted by Crippen LogP contribution is -2.34. The Morgan fingerprint density at radius 1 is 1.26 bits per heavy atom. The van der Waals surface area contributed by atoms with Gasteiger partial charge in [0.2, 0.25) is 0 Å². The average molecular weight is 478 g/mol. The van der Waals surface area contributed by atoms with Crippen molar-refractivity contribution in [2.24, 2.45) is 5.92 Å². The number of ketones is 1. The van der Waals surface area contributed by atoms with Crippen LogP contribution in [0.5, 0.6) is 0 Å². The third-order valence-corrected chi connectivity index (χ3v) is 6.39. The molecule has 2 heterocycles. The monoisotopic (exact) mass is 477 g/mol. The molecule has 0 aromatic heterocycles. The Hall–Kier alpha value is -2.42. The number of carbonyl (C=O) groups is 2. The van der Waals surface area contributed by atoms with Crippen LogP contribution in [0.25, 0.3) is 0 Å². The number of nitrogens with zero attached hydrogens (tertiary/aromatic N) is 1. The van der Waals surface area contributed by atoms with E-state index < -0.39 is 30.1 Å². The SMILES string of the molecule is C=C1/C=C/C[C@H](O)[C@H](O)C(=O)CCC(C)[C@H](C)OC(=O)/C1=C(O)/C=C(\C)OCCN1CCCC1. The minimum atomic E-state index is -1.49. The molecule has 3 N–H and O–H groups in total. The first-order chi connectivity index (χ1) is 16.1. The first-order valence-corrected chi connectivity index (χ1v) is 12.0. The lowest BCUT2D eigenvalue weighted by Gasteiger charge is -2.23. The topological polar surface area (TPSA) is 117 Å². The van der Waals surface area contributed by atoms with Gasteiger partial charge in [-0.1, -0.05) is 25.7 Å². The summed E-state index contributed by atoms with van der Waals surface area (Å²) in [5.41, 5.74) is 0.0644. The molecule has 0 aromatic carbocycles. The van der Waals surface area contributed by atoms with Crippen molar-refractivity contribution < 1.29 is 34.4 Å². The molecule has 1 fully saturated rings. The summed E-state index contributed by atoms with van der Waals surface area (Å²) in [6.07, 6.45) is 3.81. The molecule has 1 saturated heterocycles. The molecule has 8 heteroatoms. The minimum absolute atomic E-state index is 0.0184. The zero-order valence-electron chi connectivity index (χ0n) is 20.5. The summed E-state index contributed by atoms with van der Waals surface area (Å²) < 4.78 is 11.3. The van der Waals surface area contributed by atoms with E-state index in [1.807, 2.05) is 6.92 Å². The summed E-state index contributed by atoms with van der Waals surface area (Å²) in [5, 5.41) is 31.0. The smallest absolute Gasteiger partial charge is 0.342 e. The van der Waals surface area contributed by atoms with Crippen LogP contribution in [0, 0.1) is 5.92 Å². The third-order valence-electron chi connectivity index (χ3n) is 6.39. The van der Waals surface area contributed by atoms with Crippen LogP contribution < -0.4 is 0 Å². The van der Waals surface area contributed by atoms with Gasteiger partial charge in [-0.15, -0.1) is 0 Å². The van der Waals surface area contributed by atoms with Gasteiger partial charge in [-0.25, -0.2) is 4.79 Å². The molecule has 1 unspecified atom stereocenters. The van der Waals surface area contributed by atoms with Crippen molar-refractivity contribution >= 4 is 11.8 Å². The van der Waals surface area contributed by atoms with Gasteiger partial charge in [0.25, 0.3) is 0 Å². The summed E-state index contributed by atoms with van der Waals surface area (Å²) in [6.45, 7) is 12.5.